The molecule has 0 aliphatic heterocycles. The maximum absolute atomic E-state index is 11.1. The lowest BCUT2D eigenvalue weighted by molar-refractivity contribution is 0.0697. The van der Waals surface area contributed by atoms with Crippen LogP contribution in [0.1, 0.15) is 10.4 Å². The first-order chi connectivity index (χ1) is 12.0. The van der Waals surface area contributed by atoms with Crippen molar-refractivity contribution >= 4 is 23.3 Å². The number of hydrogen-bond acceptors (Lipinski definition) is 4. The Bertz CT molecular complexity index is 894. The van der Waals surface area contributed by atoms with Gasteiger partial charge < -0.3 is 14.6 Å². The molecule has 0 aliphatic rings. The van der Waals surface area contributed by atoms with Crippen molar-refractivity contribution in [2.75, 3.05) is 18.5 Å². The fourth-order valence-electron chi connectivity index (χ4n) is 2.47. The van der Waals surface area contributed by atoms with E-state index < -0.39 is 5.97 Å². The summed E-state index contributed by atoms with van der Waals surface area (Å²) < 4.78 is 1.94. The van der Waals surface area contributed by atoms with Crippen LogP contribution in [0.15, 0.2) is 55.1 Å². The number of hydrogen-bond donors (Lipinski definition) is 1. The van der Waals surface area contributed by atoms with Gasteiger partial charge in [-0.2, -0.15) is 0 Å². The molecule has 25 heavy (non-hydrogen) atoms. The first kappa shape index (κ1) is 17.0. The molecule has 7 heteroatoms. The summed E-state index contributed by atoms with van der Waals surface area (Å²) in [4.78, 5) is 21.6. The Morgan fingerprint density at radius 3 is 2.80 bits per heavy atom. The van der Waals surface area contributed by atoms with E-state index in [1.165, 1.54) is 18.3 Å². The third kappa shape index (κ3) is 3.97. The van der Waals surface area contributed by atoms with Crippen molar-refractivity contribution in [3.63, 3.8) is 0 Å². The Morgan fingerprint density at radius 1 is 1.24 bits per heavy atom. The minimum absolute atomic E-state index is 0.193. The van der Waals surface area contributed by atoms with Crippen LogP contribution in [0.5, 0.6) is 0 Å². The van der Waals surface area contributed by atoms with E-state index in [9.17, 15) is 4.79 Å². The second-order valence-electron chi connectivity index (χ2n) is 5.60. The molecule has 0 bridgehead atoms. The van der Waals surface area contributed by atoms with E-state index in [-0.39, 0.29) is 5.56 Å². The maximum Gasteiger partial charge on any atom is 0.335 e. The Kier molecular flexibility index (Phi) is 5.00. The third-order valence-electron chi connectivity index (χ3n) is 3.86. The van der Waals surface area contributed by atoms with Crippen LogP contribution in [-0.4, -0.2) is 39.2 Å². The van der Waals surface area contributed by atoms with Gasteiger partial charge in [-0.1, -0.05) is 23.7 Å². The molecule has 3 rings (SSSR count). The van der Waals surface area contributed by atoms with Gasteiger partial charge in [0.05, 0.1) is 28.3 Å². The molecule has 0 radical (unpaired) electrons. The Labute approximate surface area is 150 Å². The molecule has 3 aromatic rings. The lowest BCUT2D eigenvalue weighted by Gasteiger charge is -2.20. The zero-order valence-corrected chi connectivity index (χ0v) is 14.4. The Morgan fingerprint density at radius 2 is 2.04 bits per heavy atom. The number of imidazole rings is 1. The number of carboxylic acids is 1. The van der Waals surface area contributed by atoms with Crippen LogP contribution in [0.2, 0.25) is 5.02 Å². The highest BCUT2D eigenvalue weighted by Crippen LogP contribution is 2.24. The number of aromatic carboxylic acids is 1. The zero-order chi connectivity index (χ0) is 17.8. The number of benzene rings is 1. The fraction of sp³-hybridized carbons (Fsp3) is 0.167. The lowest BCUT2D eigenvalue weighted by atomic mass is 10.2. The number of nitrogens with zero attached hydrogens (tertiary/aromatic N) is 4. The molecule has 0 atom stereocenters. The number of para-hydroxylation sites is 1. The number of anilines is 1. The molecule has 0 spiro atoms. The summed E-state index contributed by atoms with van der Waals surface area (Å²) in [5, 5.41) is 9.78. The van der Waals surface area contributed by atoms with Crippen molar-refractivity contribution in [3.05, 3.63) is 65.7 Å². The van der Waals surface area contributed by atoms with Crippen molar-refractivity contribution in [1.29, 1.82) is 0 Å². The van der Waals surface area contributed by atoms with E-state index in [1.807, 2.05) is 42.1 Å². The lowest BCUT2D eigenvalue weighted by Crippen LogP contribution is -2.22. The fourth-order valence-corrected chi connectivity index (χ4v) is 2.75. The second kappa shape index (κ2) is 7.36. The van der Waals surface area contributed by atoms with Gasteiger partial charge in [0.1, 0.15) is 5.69 Å². The van der Waals surface area contributed by atoms with E-state index in [2.05, 4.69) is 14.9 Å². The normalized spacial score (nSPS) is 10.6. The molecule has 0 unspecified atom stereocenters. The zero-order valence-electron chi connectivity index (χ0n) is 13.6. The highest BCUT2D eigenvalue weighted by atomic mass is 35.5. The number of pyridine rings is 1. The van der Waals surface area contributed by atoms with Crippen LogP contribution >= 0.6 is 11.6 Å². The van der Waals surface area contributed by atoms with Crippen molar-refractivity contribution < 1.29 is 9.90 Å². The number of likely N-dealkylation sites (N-methyl/N-ethyl adjacent to an activating group) is 1. The predicted molar refractivity (Wildman–Crippen MR) is 97.1 cm³/mol. The van der Waals surface area contributed by atoms with Gasteiger partial charge in [0.15, 0.2) is 0 Å². The monoisotopic (exact) mass is 356 g/mol. The van der Waals surface area contributed by atoms with Crippen LogP contribution in [0, 0.1) is 0 Å². The minimum Gasteiger partial charge on any atom is -0.478 e. The van der Waals surface area contributed by atoms with Gasteiger partial charge in [-0.25, -0.2) is 9.78 Å². The molecule has 0 saturated heterocycles. The Hall–Kier alpha value is -2.86. The van der Waals surface area contributed by atoms with Gasteiger partial charge in [-0.3, -0.25) is 4.98 Å². The smallest absolute Gasteiger partial charge is 0.335 e. The molecule has 1 N–H and O–H groups in total. The Balaban J connectivity index is 1.69. The minimum atomic E-state index is -0.982. The molecular formula is C18H17ClN4O2. The topological polar surface area (TPSA) is 71.2 Å². The van der Waals surface area contributed by atoms with Gasteiger partial charge in [-0.05, 0) is 24.3 Å². The van der Waals surface area contributed by atoms with Gasteiger partial charge in [0, 0.05) is 32.5 Å². The SMILES string of the molecule is CN(CCn1cnc(-c2cc(C(=O)O)ccn2)c1)c1ccccc1Cl. The molecule has 2 heterocycles. The average Bonchev–Trinajstić information content (AvgIpc) is 3.09. The van der Waals surface area contributed by atoms with Crippen LogP contribution < -0.4 is 4.90 Å². The first-order valence-corrected chi connectivity index (χ1v) is 8.09. The standard InChI is InChI=1S/C18H17ClN4O2/c1-22(17-5-3-2-4-14(17)19)8-9-23-11-16(21-12-23)15-10-13(18(24)25)6-7-20-15/h2-7,10-12H,8-9H2,1H3,(H,24,25). The average molecular weight is 357 g/mol. The van der Waals surface area contributed by atoms with Gasteiger partial charge in [0.25, 0.3) is 0 Å². The molecule has 0 amide bonds. The van der Waals surface area contributed by atoms with Crippen LogP contribution in [0.3, 0.4) is 0 Å². The first-order valence-electron chi connectivity index (χ1n) is 7.72. The van der Waals surface area contributed by atoms with Gasteiger partial charge in [-0.15, -0.1) is 0 Å². The molecule has 6 nitrogen and oxygen atoms in total. The molecule has 0 saturated carbocycles. The second-order valence-corrected chi connectivity index (χ2v) is 6.01. The van der Waals surface area contributed by atoms with Crippen molar-refractivity contribution in [2.24, 2.45) is 0 Å². The van der Waals surface area contributed by atoms with E-state index in [0.717, 1.165) is 12.2 Å². The van der Waals surface area contributed by atoms with E-state index in [1.54, 1.807) is 6.33 Å². The number of aromatic nitrogens is 3. The molecule has 0 aliphatic carbocycles. The van der Waals surface area contributed by atoms with E-state index in [0.29, 0.717) is 23.0 Å². The maximum atomic E-state index is 11.1. The summed E-state index contributed by atoms with van der Waals surface area (Å²) in [5.74, 6) is -0.982. The quantitative estimate of drug-likeness (QED) is 0.732. The largest absolute Gasteiger partial charge is 0.478 e. The molecule has 0 fully saturated rings. The number of carbonyl (C=O) groups is 1. The third-order valence-corrected chi connectivity index (χ3v) is 4.18. The van der Waals surface area contributed by atoms with Crippen molar-refractivity contribution in [3.8, 4) is 11.4 Å². The molecule has 2 aromatic heterocycles. The molecule has 128 valence electrons. The molecular weight excluding hydrogens is 340 g/mol. The van der Waals surface area contributed by atoms with Crippen LogP contribution in [-0.2, 0) is 6.54 Å². The van der Waals surface area contributed by atoms with Gasteiger partial charge in [0.2, 0.25) is 0 Å². The molecule has 1 aromatic carbocycles. The van der Waals surface area contributed by atoms with E-state index >= 15 is 0 Å². The predicted octanol–water partition coefficient (Wildman–Crippen LogP) is 3.43. The summed E-state index contributed by atoms with van der Waals surface area (Å²) in [5.41, 5.74) is 2.35. The van der Waals surface area contributed by atoms with Crippen LogP contribution in [0.25, 0.3) is 11.4 Å². The number of carboxylic acid groups (broad SMARTS) is 1. The highest BCUT2D eigenvalue weighted by Gasteiger charge is 2.09. The van der Waals surface area contributed by atoms with Crippen LogP contribution in [0.4, 0.5) is 5.69 Å². The van der Waals surface area contributed by atoms with Gasteiger partial charge >= 0.3 is 5.97 Å². The summed E-state index contributed by atoms with van der Waals surface area (Å²) in [6.07, 6.45) is 5.04. The highest BCUT2D eigenvalue weighted by molar-refractivity contribution is 6.33. The number of halogens is 1. The summed E-state index contributed by atoms with van der Waals surface area (Å²) in [7, 11) is 1.98. The number of rotatable bonds is 6. The summed E-state index contributed by atoms with van der Waals surface area (Å²) in [6.45, 7) is 1.47. The van der Waals surface area contributed by atoms with Crippen molar-refractivity contribution in [1.82, 2.24) is 14.5 Å². The van der Waals surface area contributed by atoms with E-state index in [4.69, 9.17) is 16.7 Å². The van der Waals surface area contributed by atoms with Crippen molar-refractivity contribution in [2.45, 2.75) is 6.54 Å². The summed E-state index contributed by atoms with van der Waals surface area (Å²) >= 11 is 6.21. The summed E-state index contributed by atoms with van der Waals surface area (Å²) in [6, 6.07) is 10.7.